The van der Waals surface area contributed by atoms with Gasteiger partial charge in [-0.15, -0.1) is 0 Å². The summed E-state index contributed by atoms with van der Waals surface area (Å²) >= 11 is 0. The third kappa shape index (κ3) is 4.19. The summed E-state index contributed by atoms with van der Waals surface area (Å²) in [5.74, 6) is 1.34. The maximum Gasteiger partial charge on any atom is 0.161 e. The van der Waals surface area contributed by atoms with E-state index in [-0.39, 0.29) is 11.7 Å². The molecule has 0 saturated carbocycles. The highest BCUT2D eigenvalue weighted by atomic mass is 16.5. The lowest BCUT2D eigenvalue weighted by molar-refractivity contribution is -0.126. The van der Waals surface area contributed by atoms with Crippen LogP contribution in [0.15, 0.2) is 18.2 Å². The van der Waals surface area contributed by atoms with Gasteiger partial charge < -0.3 is 18.9 Å². The van der Waals surface area contributed by atoms with Crippen LogP contribution < -0.4 is 9.47 Å². The zero-order chi connectivity index (χ0) is 15.1. The number of carbonyl (C=O) groups excluding carboxylic acids is 1. The van der Waals surface area contributed by atoms with Crippen molar-refractivity contribution < 1.29 is 23.7 Å². The minimum atomic E-state index is -0.203. The number of carbonyl (C=O) groups is 1. The SMILES string of the molecule is COCCCOc1cc(C2COCCC2=O)ccc1OC. The first-order chi connectivity index (χ1) is 10.3. The topological polar surface area (TPSA) is 54.0 Å². The van der Waals surface area contributed by atoms with Crippen LogP contribution in [-0.4, -0.2) is 46.4 Å². The van der Waals surface area contributed by atoms with Crippen LogP contribution in [0, 0.1) is 0 Å². The number of hydrogen-bond donors (Lipinski definition) is 0. The molecule has 0 N–H and O–H groups in total. The van der Waals surface area contributed by atoms with Gasteiger partial charge in [-0.05, 0) is 17.7 Å². The fourth-order valence-corrected chi connectivity index (χ4v) is 2.33. The molecule has 1 fully saturated rings. The fraction of sp³-hybridized carbons (Fsp3) is 0.562. The Balaban J connectivity index is 2.10. The van der Waals surface area contributed by atoms with Crippen molar-refractivity contribution in [2.45, 2.75) is 18.8 Å². The van der Waals surface area contributed by atoms with Crippen LogP contribution in [0.25, 0.3) is 0 Å². The third-order valence-corrected chi connectivity index (χ3v) is 3.51. The second kappa shape index (κ2) is 8.00. The molecule has 1 saturated heterocycles. The van der Waals surface area contributed by atoms with Gasteiger partial charge in [0, 0.05) is 26.6 Å². The molecule has 0 radical (unpaired) electrons. The summed E-state index contributed by atoms with van der Waals surface area (Å²) in [5.41, 5.74) is 0.919. The summed E-state index contributed by atoms with van der Waals surface area (Å²) in [6.07, 6.45) is 1.27. The van der Waals surface area contributed by atoms with Crippen molar-refractivity contribution in [1.29, 1.82) is 0 Å². The minimum absolute atomic E-state index is 0.203. The van der Waals surface area contributed by atoms with E-state index in [2.05, 4.69) is 0 Å². The summed E-state index contributed by atoms with van der Waals surface area (Å²) in [7, 11) is 3.27. The van der Waals surface area contributed by atoms with Crippen molar-refractivity contribution in [3.63, 3.8) is 0 Å². The van der Waals surface area contributed by atoms with Crippen molar-refractivity contribution in [2.75, 3.05) is 40.6 Å². The predicted octanol–water partition coefficient (Wildman–Crippen LogP) is 2.18. The van der Waals surface area contributed by atoms with E-state index in [4.69, 9.17) is 18.9 Å². The molecule has 1 atom stereocenters. The van der Waals surface area contributed by atoms with Crippen molar-refractivity contribution >= 4 is 5.78 Å². The molecule has 0 amide bonds. The molecule has 1 aromatic rings. The lowest BCUT2D eigenvalue weighted by atomic mass is 9.92. The number of methoxy groups -OCH3 is 2. The minimum Gasteiger partial charge on any atom is -0.493 e. The molecule has 5 nitrogen and oxygen atoms in total. The Labute approximate surface area is 125 Å². The summed E-state index contributed by atoms with van der Waals surface area (Å²) < 4.78 is 21.4. The molecule has 116 valence electrons. The number of ether oxygens (including phenoxy) is 4. The van der Waals surface area contributed by atoms with Crippen LogP contribution in [-0.2, 0) is 14.3 Å². The van der Waals surface area contributed by atoms with E-state index < -0.39 is 0 Å². The highest BCUT2D eigenvalue weighted by Crippen LogP contribution is 2.32. The maximum absolute atomic E-state index is 12.0. The van der Waals surface area contributed by atoms with Crippen molar-refractivity contribution in [3.05, 3.63) is 23.8 Å². The molecule has 1 aliphatic rings. The quantitative estimate of drug-likeness (QED) is 0.722. The number of hydrogen-bond acceptors (Lipinski definition) is 5. The van der Waals surface area contributed by atoms with Crippen LogP contribution in [0.5, 0.6) is 11.5 Å². The van der Waals surface area contributed by atoms with Crippen molar-refractivity contribution in [2.24, 2.45) is 0 Å². The zero-order valence-electron chi connectivity index (χ0n) is 12.6. The van der Waals surface area contributed by atoms with Gasteiger partial charge in [0.2, 0.25) is 0 Å². The first kappa shape index (κ1) is 15.8. The Morgan fingerprint density at radius 1 is 1.24 bits per heavy atom. The van der Waals surface area contributed by atoms with E-state index in [1.54, 1.807) is 14.2 Å². The van der Waals surface area contributed by atoms with Gasteiger partial charge in [0.05, 0.1) is 32.8 Å². The Kier molecular flexibility index (Phi) is 6.02. The van der Waals surface area contributed by atoms with Crippen LogP contribution in [0.2, 0.25) is 0 Å². The summed E-state index contributed by atoms with van der Waals surface area (Å²) in [6.45, 7) is 2.15. The predicted molar refractivity (Wildman–Crippen MR) is 78.2 cm³/mol. The van der Waals surface area contributed by atoms with Gasteiger partial charge in [0.25, 0.3) is 0 Å². The molecular formula is C16H22O5. The summed E-state index contributed by atoms with van der Waals surface area (Å²) in [4.78, 5) is 12.0. The van der Waals surface area contributed by atoms with E-state index in [1.165, 1.54) is 0 Å². The largest absolute Gasteiger partial charge is 0.493 e. The second-order valence-corrected chi connectivity index (χ2v) is 4.95. The van der Waals surface area contributed by atoms with Crippen molar-refractivity contribution in [1.82, 2.24) is 0 Å². The first-order valence-corrected chi connectivity index (χ1v) is 7.16. The molecule has 1 aliphatic heterocycles. The van der Waals surface area contributed by atoms with E-state index in [1.807, 2.05) is 18.2 Å². The maximum atomic E-state index is 12.0. The Bertz CT molecular complexity index is 472. The van der Waals surface area contributed by atoms with Crippen LogP contribution in [0.4, 0.5) is 0 Å². The molecule has 1 unspecified atom stereocenters. The van der Waals surface area contributed by atoms with E-state index in [0.29, 0.717) is 44.3 Å². The lowest BCUT2D eigenvalue weighted by Gasteiger charge is -2.22. The highest BCUT2D eigenvalue weighted by Gasteiger charge is 2.25. The third-order valence-electron chi connectivity index (χ3n) is 3.51. The van der Waals surface area contributed by atoms with Crippen molar-refractivity contribution in [3.8, 4) is 11.5 Å². The Morgan fingerprint density at radius 3 is 2.81 bits per heavy atom. The van der Waals surface area contributed by atoms with Crippen LogP contribution in [0.3, 0.4) is 0 Å². The lowest BCUT2D eigenvalue weighted by Crippen LogP contribution is -2.25. The molecule has 0 aromatic heterocycles. The number of Topliss-reactive ketones (excluding diaryl/α,β-unsaturated/α-hetero) is 1. The summed E-state index contributed by atoms with van der Waals surface area (Å²) in [6, 6.07) is 5.61. The monoisotopic (exact) mass is 294 g/mol. The number of ketones is 1. The average molecular weight is 294 g/mol. The van der Waals surface area contributed by atoms with Gasteiger partial charge in [-0.3, -0.25) is 4.79 Å². The van der Waals surface area contributed by atoms with Gasteiger partial charge in [0.1, 0.15) is 5.78 Å². The standard InChI is InChI=1S/C16H22O5/c1-18-7-3-8-21-16-10-12(4-5-15(16)19-2)13-11-20-9-6-14(13)17/h4-5,10,13H,3,6-9,11H2,1-2H3. The van der Waals surface area contributed by atoms with Crippen LogP contribution in [0.1, 0.15) is 24.3 Å². The fourth-order valence-electron chi connectivity index (χ4n) is 2.33. The highest BCUT2D eigenvalue weighted by molar-refractivity contribution is 5.86. The van der Waals surface area contributed by atoms with Crippen LogP contribution >= 0.6 is 0 Å². The van der Waals surface area contributed by atoms with Gasteiger partial charge in [-0.2, -0.15) is 0 Å². The van der Waals surface area contributed by atoms with Gasteiger partial charge in [0.15, 0.2) is 11.5 Å². The summed E-state index contributed by atoms with van der Waals surface area (Å²) in [5, 5.41) is 0. The zero-order valence-corrected chi connectivity index (χ0v) is 12.6. The molecule has 21 heavy (non-hydrogen) atoms. The Hall–Kier alpha value is -1.59. The molecular weight excluding hydrogens is 272 g/mol. The molecule has 0 aliphatic carbocycles. The van der Waals surface area contributed by atoms with Gasteiger partial charge in [-0.1, -0.05) is 6.07 Å². The second-order valence-electron chi connectivity index (χ2n) is 4.95. The molecule has 0 bridgehead atoms. The molecule has 1 aromatic carbocycles. The normalized spacial score (nSPS) is 18.6. The molecule has 1 heterocycles. The Morgan fingerprint density at radius 2 is 2.10 bits per heavy atom. The number of rotatable bonds is 7. The first-order valence-electron chi connectivity index (χ1n) is 7.16. The van der Waals surface area contributed by atoms with Gasteiger partial charge in [-0.25, -0.2) is 0 Å². The molecule has 2 rings (SSSR count). The number of benzene rings is 1. The smallest absolute Gasteiger partial charge is 0.161 e. The van der Waals surface area contributed by atoms with E-state index in [9.17, 15) is 4.79 Å². The average Bonchev–Trinajstić information content (AvgIpc) is 2.52. The van der Waals surface area contributed by atoms with Gasteiger partial charge >= 0.3 is 0 Å². The van der Waals surface area contributed by atoms with E-state index >= 15 is 0 Å². The van der Waals surface area contributed by atoms with E-state index in [0.717, 1.165) is 12.0 Å². The molecule has 0 spiro atoms. The molecule has 5 heteroatoms.